The molecule has 0 radical (unpaired) electrons. The van der Waals surface area contributed by atoms with Gasteiger partial charge in [0.2, 0.25) is 0 Å². The van der Waals surface area contributed by atoms with Crippen LogP contribution in [0.4, 0.5) is 13.2 Å². The van der Waals surface area contributed by atoms with Gasteiger partial charge in [-0.05, 0) is 36.4 Å². The maximum atomic E-state index is 12.2. The maximum Gasteiger partial charge on any atom is 0.446 e. The summed E-state index contributed by atoms with van der Waals surface area (Å²) in [6, 6.07) is 3.81. The molecular formula is C10H6F3NO2S. The van der Waals surface area contributed by atoms with Crippen LogP contribution in [0.5, 0.6) is 0 Å². The second-order valence-electron chi connectivity index (χ2n) is 3.08. The largest absolute Gasteiger partial charge is 0.478 e. The van der Waals surface area contributed by atoms with Gasteiger partial charge in [-0.1, -0.05) is 0 Å². The molecule has 0 aliphatic heterocycles. The van der Waals surface area contributed by atoms with E-state index in [1.165, 1.54) is 6.92 Å². The highest BCUT2D eigenvalue weighted by molar-refractivity contribution is 8.00. The van der Waals surface area contributed by atoms with Crippen LogP contribution in [-0.4, -0.2) is 16.6 Å². The zero-order chi connectivity index (χ0) is 13.2. The molecule has 0 amide bonds. The number of carboxylic acids is 1. The summed E-state index contributed by atoms with van der Waals surface area (Å²) >= 11 is -0.395. The lowest BCUT2D eigenvalue weighted by atomic mass is 10.0. The first-order valence-electron chi connectivity index (χ1n) is 4.29. The zero-order valence-electron chi connectivity index (χ0n) is 8.50. The molecule has 1 N–H and O–H groups in total. The molecule has 0 bridgehead atoms. The number of benzene rings is 1. The molecule has 0 fully saturated rings. The summed E-state index contributed by atoms with van der Waals surface area (Å²) < 4.78 is 36.6. The predicted molar refractivity (Wildman–Crippen MR) is 54.8 cm³/mol. The lowest BCUT2D eigenvalue weighted by Crippen LogP contribution is -2.07. The van der Waals surface area contributed by atoms with E-state index in [1.54, 1.807) is 6.07 Å². The summed E-state index contributed by atoms with van der Waals surface area (Å²) in [5.74, 6) is -1.41. The molecule has 3 nitrogen and oxygen atoms in total. The highest BCUT2D eigenvalue weighted by Crippen LogP contribution is 2.39. The number of carboxylic acid groups (broad SMARTS) is 1. The Labute approximate surface area is 98.9 Å². The van der Waals surface area contributed by atoms with Gasteiger partial charge in [-0.25, -0.2) is 4.79 Å². The van der Waals surface area contributed by atoms with E-state index in [-0.39, 0.29) is 21.6 Å². The number of aromatic carboxylic acids is 1. The third-order valence-electron chi connectivity index (χ3n) is 1.98. The molecule has 0 unspecified atom stereocenters. The first-order valence-corrected chi connectivity index (χ1v) is 5.10. The fourth-order valence-corrected chi connectivity index (χ4v) is 1.94. The highest BCUT2D eigenvalue weighted by Gasteiger charge is 2.31. The van der Waals surface area contributed by atoms with Crippen molar-refractivity contribution in [3.05, 3.63) is 28.8 Å². The van der Waals surface area contributed by atoms with Crippen LogP contribution >= 0.6 is 11.8 Å². The number of halogens is 3. The summed E-state index contributed by atoms with van der Waals surface area (Å²) in [7, 11) is 0. The van der Waals surface area contributed by atoms with Crippen molar-refractivity contribution in [1.29, 1.82) is 5.26 Å². The maximum absolute atomic E-state index is 12.2. The molecule has 0 saturated carbocycles. The van der Waals surface area contributed by atoms with Crippen LogP contribution in [-0.2, 0) is 0 Å². The van der Waals surface area contributed by atoms with E-state index < -0.39 is 23.2 Å². The van der Waals surface area contributed by atoms with Gasteiger partial charge in [0.25, 0.3) is 0 Å². The molecule has 0 spiro atoms. The Morgan fingerprint density at radius 2 is 2.06 bits per heavy atom. The van der Waals surface area contributed by atoms with Crippen LogP contribution in [0.15, 0.2) is 17.0 Å². The summed E-state index contributed by atoms with van der Waals surface area (Å²) in [6.07, 6.45) is 0. The van der Waals surface area contributed by atoms with Gasteiger partial charge in [0.15, 0.2) is 0 Å². The minimum atomic E-state index is -4.49. The van der Waals surface area contributed by atoms with E-state index in [2.05, 4.69) is 0 Å². The minimum absolute atomic E-state index is 0.0566. The topological polar surface area (TPSA) is 61.1 Å². The third kappa shape index (κ3) is 3.14. The molecule has 1 aromatic rings. The molecule has 0 heterocycles. The molecule has 0 aliphatic rings. The quantitative estimate of drug-likeness (QED) is 0.830. The highest BCUT2D eigenvalue weighted by atomic mass is 32.2. The summed E-state index contributed by atoms with van der Waals surface area (Å²) in [5.41, 5.74) is -5.09. The van der Waals surface area contributed by atoms with Crippen molar-refractivity contribution >= 4 is 17.7 Å². The van der Waals surface area contributed by atoms with E-state index in [0.29, 0.717) is 0 Å². The van der Waals surface area contributed by atoms with Gasteiger partial charge in [-0.2, -0.15) is 18.4 Å². The van der Waals surface area contributed by atoms with Gasteiger partial charge < -0.3 is 5.11 Å². The molecule has 0 atom stereocenters. The Morgan fingerprint density at radius 3 is 2.47 bits per heavy atom. The van der Waals surface area contributed by atoms with E-state index >= 15 is 0 Å². The Kier molecular flexibility index (Phi) is 3.68. The van der Waals surface area contributed by atoms with Gasteiger partial charge in [0, 0.05) is 4.90 Å². The molecule has 1 rings (SSSR count). The van der Waals surface area contributed by atoms with Gasteiger partial charge in [0.1, 0.15) is 6.07 Å². The van der Waals surface area contributed by atoms with Crippen LogP contribution in [0.25, 0.3) is 0 Å². The smallest absolute Gasteiger partial charge is 0.446 e. The van der Waals surface area contributed by atoms with Crippen molar-refractivity contribution in [2.45, 2.75) is 17.3 Å². The predicted octanol–water partition coefficient (Wildman–Crippen LogP) is 3.18. The second kappa shape index (κ2) is 4.67. The fourth-order valence-electron chi connectivity index (χ4n) is 1.30. The van der Waals surface area contributed by atoms with Crippen molar-refractivity contribution in [3.8, 4) is 6.07 Å². The van der Waals surface area contributed by atoms with E-state index in [4.69, 9.17) is 10.4 Å². The van der Waals surface area contributed by atoms with Crippen LogP contribution in [0.3, 0.4) is 0 Å². The summed E-state index contributed by atoms with van der Waals surface area (Å²) in [4.78, 5) is 10.7. The standard InChI is InChI=1S/C10H6F3NO2S/c1-5-7(17-10(11,12)13)3-2-6(4-14)8(5)9(15)16/h2-3H,1H3,(H,15,16). The minimum Gasteiger partial charge on any atom is -0.478 e. The van der Waals surface area contributed by atoms with Gasteiger partial charge in [0.05, 0.1) is 11.1 Å². The van der Waals surface area contributed by atoms with Gasteiger partial charge in [-0.3, -0.25) is 0 Å². The summed E-state index contributed by atoms with van der Waals surface area (Å²) in [5, 5.41) is 17.5. The normalized spacial score (nSPS) is 11.0. The SMILES string of the molecule is Cc1c(SC(F)(F)F)ccc(C#N)c1C(=O)O. The third-order valence-corrected chi connectivity index (χ3v) is 2.87. The monoisotopic (exact) mass is 261 g/mol. The summed E-state index contributed by atoms with van der Waals surface area (Å²) in [6.45, 7) is 1.25. The first-order chi connectivity index (χ1) is 7.76. The number of alkyl halides is 3. The molecule has 7 heteroatoms. The van der Waals surface area contributed by atoms with Crippen molar-refractivity contribution < 1.29 is 23.1 Å². The number of hydrogen-bond donors (Lipinski definition) is 1. The zero-order valence-corrected chi connectivity index (χ0v) is 9.32. The number of rotatable bonds is 2. The molecular weight excluding hydrogens is 255 g/mol. The molecule has 17 heavy (non-hydrogen) atoms. The number of nitriles is 1. The van der Waals surface area contributed by atoms with E-state index in [9.17, 15) is 18.0 Å². The van der Waals surface area contributed by atoms with Crippen LogP contribution < -0.4 is 0 Å². The van der Waals surface area contributed by atoms with E-state index in [0.717, 1.165) is 12.1 Å². The Bertz CT molecular complexity index is 505. The van der Waals surface area contributed by atoms with Gasteiger partial charge in [-0.15, -0.1) is 0 Å². The first kappa shape index (κ1) is 13.4. The number of nitrogens with zero attached hydrogens (tertiary/aromatic N) is 1. The molecule has 0 saturated heterocycles. The van der Waals surface area contributed by atoms with Crippen LogP contribution in [0.2, 0.25) is 0 Å². The van der Waals surface area contributed by atoms with Crippen molar-refractivity contribution in [1.82, 2.24) is 0 Å². The fraction of sp³-hybridized carbons (Fsp3) is 0.200. The van der Waals surface area contributed by atoms with Crippen molar-refractivity contribution in [2.24, 2.45) is 0 Å². The Hall–Kier alpha value is -1.68. The Balaban J connectivity index is 3.35. The van der Waals surface area contributed by atoms with Crippen LogP contribution in [0.1, 0.15) is 21.5 Å². The lowest BCUT2D eigenvalue weighted by molar-refractivity contribution is -0.0328. The number of thioether (sulfide) groups is 1. The molecule has 1 aromatic carbocycles. The van der Waals surface area contributed by atoms with Crippen molar-refractivity contribution in [2.75, 3.05) is 0 Å². The Morgan fingerprint density at radius 1 is 1.47 bits per heavy atom. The molecule has 0 aromatic heterocycles. The van der Waals surface area contributed by atoms with Gasteiger partial charge >= 0.3 is 11.5 Å². The average Bonchev–Trinajstić information content (AvgIpc) is 2.18. The van der Waals surface area contributed by atoms with Crippen LogP contribution in [0, 0.1) is 18.3 Å². The molecule has 0 aliphatic carbocycles. The second-order valence-corrected chi connectivity index (χ2v) is 4.18. The molecule has 90 valence electrons. The van der Waals surface area contributed by atoms with E-state index in [1.807, 2.05) is 0 Å². The number of hydrogen-bond acceptors (Lipinski definition) is 3. The number of carbonyl (C=O) groups is 1. The lowest BCUT2D eigenvalue weighted by Gasteiger charge is -2.11. The van der Waals surface area contributed by atoms with Crippen molar-refractivity contribution in [3.63, 3.8) is 0 Å². The average molecular weight is 261 g/mol.